The van der Waals surface area contributed by atoms with Crippen LogP contribution < -0.4 is 10.1 Å². The van der Waals surface area contributed by atoms with E-state index in [4.69, 9.17) is 4.74 Å². The number of nitro benzene ring substituents is 1. The molecule has 2 rings (SSSR count). The number of nitrogens with zero attached hydrogens (tertiary/aromatic N) is 4. The third-order valence-corrected chi connectivity index (χ3v) is 3.62. The van der Waals surface area contributed by atoms with Crippen LogP contribution in [0.3, 0.4) is 0 Å². The lowest BCUT2D eigenvalue weighted by Crippen LogP contribution is -2.51. The minimum Gasteiger partial charge on any atom is -0.418 e. The van der Waals surface area contributed by atoms with Gasteiger partial charge in [0.2, 0.25) is 11.7 Å². The molecule has 0 atom stereocenters. The molecule has 11 heteroatoms. The highest BCUT2D eigenvalue weighted by Crippen LogP contribution is 2.27. The SMILES string of the molecule is CNC1=NS(=O)(=O)N=C(Oc2ccccc2[N+](=O)[O-])N1C(C)C. The van der Waals surface area contributed by atoms with Gasteiger partial charge in [0.25, 0.3) is 0 Å². The number of hydrogen-bond donors (Lipinski definition) is 1. The van der Waals surface area contributed by atoms with E-state index in [1.54, 1.807) is 13.8 Å². The largest absolute Gasteiger partial charge is 0.418 e. The summed E-state index contributed by atoms with van der Waals surface area (Å²) < 4.78 is 35.9. The van der Waals surface area contributed by atoms with Crippen molar-refractivity contribution in [1.82, 2.24) is 10.2 Å². The molecule has 10 nitrogen and oxygen atoms in total. The van der Waals surface area contributed by atoms with Crippen molar-refractivity contribution in [3.8, 4) is 5.75 Å². The number of nitrogens with one attached hydrogen (secondary N) is 1. The van der Waals surface area contributed by atoms with Crippen LogP contribution in [0, 0.1) is 10.1 Å². The van der Waals surface area contributed by atoms with Gasteiger partial charge in [0.05, 0.1) is 4.92 Å². The van der Waals surface area contributed by atoms with Crippen molar-refractivity contribution in [3.63, 3.8) is 0 Å². The van der Waals surface area contributed by atoms with E-state index < -0.39 is 15.1 Å². The van der Waals surface area contributed by atoms with Crippen LogP contribution in [0.1, 0.15) is 13.8 Å². The number of amidine groups is 1. The molecule has 0 spiro atoms. The van der Waals surface area contributed by atoms with Gasteiger partial charge in [-0.05, 0) is 19.9 Å². The first-order valence-electron chi connectivity index (χ1n) is 6.58. The lowest BCUT2D eigenvalue weighted by Gasteiger charge is -2.30. The van der Waals surface area contributed by atoms with Gasteiger partial charge in [0.15, 0.2) is 0 Å². The Morgan fingerprint density at radius 1 is 1.30 bits per heavy atom. The number of para-hydroxylation sites is 2. The van der Waals surface area contributed by atoms with Gasteiger partial charge in [-0.15, -0.1) is 4.40 Å². The predicted octanol–water partition coefficient (Wildman–Crippen LogP) is 0.874. The van der Waals surface area contributed by atoms with Gasteiger partial charge in [-0.2, -0.15) is 8.42 Å². The summed E-state index contributed by atoms with van der Waals surface area (Å²) >= 11 is 0. The van der Waals surface area contributed by atoms with Crippen LogP contribution in [0.5, 0.6) is 5.75 Å². The van der Waals surface area contributed by atoms with Crippen molar-refractivity contribution in [2.75, 3.05) is 7.05 Å². The number of guanidine groups is 1. The molecule has 0 amide bonds. The molecule has 0 fully saturated rings. The maximum atomic E-state index is 11.8. The third kappa shape index (κ3) is 3.56. The van der Waals surface area contributed by atoms with Crippen LogP contribution in [-0.2, 0) is 10.2 Å². The molecule has 0 aromatic heterocycles. The number of ether oxygens (including phenoxy) is 1. The van der Waals surface area contributed by atoms with E-state index in [1.807, 2.05) is 0 Å². The van der Waals surface area contributed by atoms with E-state index >= 15 is 0 Å². The van der Waals surface area contributed by atoms with Crippen molar-refractivity contribution in [3.05, 3.63) is 34.4 Å². The minimum atomic E-state index is -4.14. The van der Waals surface area contributed by atoms with E-state index in [-0.39, 0.29) is 29.5 Å². The minimum absolute atomic E-state index is 0.0172. The van der Waals surface area contributed by atoms with Crippen molar-refractivity contribution >= 4 is 27.9 Å². The van der Waals surface area contributed by atoms with Gasteiger partial charge in [0, 0.05) is 19.2 Å². The van der Waals surface area contributed by atoms with Gasteiger partial charge in [-0.3, -0.25) is 15.0 Å². The molecule has 0 bridgehead atoms. The fourth-order valence-electron chi connectivity index (χ4n) is 1.90. The highest BCUT2D eigenvalue weighted by molar-refractivity contribution is 7.89. The molecule has 1 aliphatic rings. The lowest BCUT2D eigenvalue weighted by molar-refractivity contribution is -0.385. The summed E-state index contributed by atoms with van der Waals surface area (Å²) in [5, 5.41) is 13.7. The molecule has 0 saturated heterocycles. The van der Waals surface area contributed by atoms with Crippen LogP contribution in [-0.4, -0.2) is 43.3 Å². The summed E-state index contributed by atoms with van der Waals surface area (Å²) in [4.78, 5) is 11.8. The van der Waals surface area contributed by atoms with Crippen LogP contribution in [0.2, 0.25) is 0 Å². The van der Waals surface area contributed by atoms with E-state index in [1.165, 1.54) is 36.2 Å². The molecule has 1 aliphatic heterocycles. The van der Waals surface area contributed by atoms with Crippen molar-refractivity contribution < 1.29 is 18.1 Å². The van der Waals surface area contributed by atoms with E-state index in [2.05, 4.69) is 14.1 Å². The molecule has 0 unspecified atom stereocenters. The number of hydrogen-bond acceptors (Lipinski definition) is 7. The van der Waals surface area contributed by atoms with Gasteiger partial charge in [-0.1, -0.05) is 16.5 Å². The maximum absolute atomic E-state index is 11.8. The quantitative estimate of drug-likeness (QED) is 0.638. The molecule has 1 N–H and O–H groups in total. The lowest BCUT2D eigenvalue weighted by atomic mass is 10.3. The number of rotatable bonds is 3. The summed E-state index contributed by atoms with van der Waals surface area (Å²) in [6, 6.07) is 5.06. The highest BCUT2D eigenvalue weighted by atomic mass is 32.2. The summed E-state index contributed by atoms with van der Waals surface area (Å²) in [7, 11) is -2.64. The summed E-state index contributed by atoms with van der Waals surface area (Å²) in [5.41, 5.74) is -0.301. The molecule has 124 valence electrons. The molecule has 1 aromatic carbocycles. The van der Waals surface area contributed by atoms with Crippen molar-refractivity contribution in [1.29, 1.82) is 0 Å². The van der Waals surface area contributed by atoms with Crippen LogP contribution >= 0.6 is 0 Å². The second kappa shape index (κ2) is 6.20. The number of benzene rings is 1. The summed E-state index contributed by atoms with van der Waals surface area (Å²) in [6.45, 7) is 3.53. The van der Waals surface area contributed by atoms with Crippen molar-refractivity contribution in [2.45, 2.75) is 19.9 Å². The Balaban J connectivity index is 2.48. The molecular formula is C12H15N5O5S. The van der Waals surface area contributed by atoms with Gasteiger partial charge in [-0.25, -0.2) is 0 Å². The first-order valence-corrected chi connectivity index (χ1v) is 7.98. The third-order valence-electron chi connectivity index (χ3n) is 2.83. The van der Waals surface area contributed by atoms with E-state index in [0.717, 1.165) is 0 Å². The molecule has 0 saturated carbocycles. The van der Waals surface area contributed by atoms with Crippen LogP contribution in [0.15, 0.2) is 33.1 Å². The fourth-order valence-corrected chi connectivity index (χ4v) is 2.66. The smallest absolute Gasteiger partial charge is 0.370 e. The average Bonchev–Trinajstić information content (AvgIpc) is 2.45. The monoisotopic (exact) mass is 341 g/mol. The zero-order chi connectivity index (χ0) is 17.2. The average molecular weight is 341 g/mol. The van der Waals surface area contributed by atoms with Gasteiger partial charge >= 0.3 is 21.9 Å². The number of nitro groups is 1. The Hall–Kier alpha value is -2.69. The Bertz CT molecular complexity index is 787. The predicted molar refractivity (Wildman–Crippen MR) is 83.5 cm³/mol. The zero-order valence-corrected chi connectivity index (χ0v) is 13.4. The normalized spacial score (nSPS) is 16.6. The second-order valence-electron chi connectivity index (χ2n) is 4.78. The van der Waals surface area contributed by atoms with Crippen LogP contribution in [0.4, 0.5) is 5.69 Å². The molecular weight excluding hydrogens is 326 g/mol. The molecule has 1 aromatic rings. The Morgan fingerprint density at radius 2 is 1.96 bits per heavy atom. The standard InChI is InChI=1S/C12H15N5O5S/c1-8(2)16-11(13-3)14-23(20,21)15-12(16)22-10-7-5-4-6-9(10)17(18)19/h4-8H,1-3H3,(H,13,14). The van der Waals surface area contributed by atoms with Gasteiger partial charge < -0.3 is 10.1 Å². The highest BCUT2D eigenvalue weighted by Gasteiger charge is 2.32. The summed E-state index contributed by atoms with van der Waals surface area (Å²) in [5.74, 6) is -0.0990. The van der Waals surface area contributed by atoms with Gasteiger partial charge in [0.1, 0.15) is 0 Å². The Morgan fingerprint density at radius 3 is 2.52 bits per heavy atom. The molecule has 1 heterocycles. The molecule has 0 radical (unpaired) electrons. The first-order chi connectivity index (χ1) is 10.7. The summed E-state index contributed by atoms with van der Waals surface area (Å²) in [6.07, 6.45) is 0. The molecule has 0 aliphatic carbocycles. The first kappa shape index (κ1) is 16.7. The maximum Gasteiger partial charge on any atom is 0.370 e. The second-order valence-corrected chi connectivity index (χ2v) is 6.04. The van der Waals surface area contributed by atoms with E-state index in [9.17, 15) is 18.5 Å². The van der Waals surface area contributed by atoms with Crippen molar-refractivity contribution in [2.24, 2.45) is 8.80 Å². The fraction of sp³-hybridized carbons (Fsp3) is 0.333. The van der Waals surface area contributed by atoms with E-state index in [0.29, 0.717) is 0 Å². The zero-order valence-electron chi connectivity index (χ0n) is 12.6. The molecule has 23 heavy (non-hydrogen) atoms. The topological polar surface area (TPSA) is 127 Å². The Kier molecular flexibility index (Phi) is 4.50. The Labute approximate surface area is 132 Å². The van der Waals surface area contributed by atoms with Crippen LogP contribution in [0.25, 0.3) is 0 Å².